The third kappa shape index (κ3) is 4.12. The minimum atomic E-state index is -1.72. The zero-order chi connectivity index (χ0) is 17.7. The molecule has 1 aromatic carbocycles. The van der Waals surface area contributed by atoms with Crippen molar-refractivity contribution in [3.05, 3.63) is 48.1 Å². The predicted molar refractivity (Wildman–Crippen MR) is 76.5 cm³/mol. The summed E-state index contributed by atoms with van der Waals surface area (Å²) in [5, 5.41) is 3.89. The molecule has 1 atom stereocenters. The summed E-state index contributed by atoms with van der Waals surface area (Å²) in [6.45, 7) is 1.65. The van der Waals surface area contributed by atoms with Crippen molar-refractivity contribution in [2.75, 3.05) is 6.61 Å². The van der Waals surface area contributed by atoms with E-state index in [9.17, 15) is 18.4 Å². The molecule has 2 rings (SSSR count). The molecule has 128 valence electrons. The second-order valence-electron chi connectivity index (χ2n) is 5.09. The summed E-state index contributed by atoms with van der Waals surface area (Å²) >= 11 is 0. The van der Waals surface area contributed by atoms with Crippen LogP contribution in [0.2, 0.25) is 0 Å². The highest BCUT2D eigenvalue weighted by molar-refractivity contribution is 5.67. The SMILES string of the molecule is CC(=O)OCC(Cn1cncn1)(OC(C)=O)c1ccc(F)cc1F. The lowest BCUT2D eigenvalue weighted by atomic mass is 9.93. The van der Waals surface area contributed by atoms with Crippen LogP contribution in [0.4, 0.5) is 8.78 Å². The highest BCUT2D eigenvalue weighted by atomic mass is 19.1. The van der Waals surface area contributed by atoms with Gasteiger partial charge in [0.15, 0.2) is 5.60 Å². The first kappa shape index (κ1) is 17.5. The molecule has 1 heterocycles. The molecule has 0 aliphatic rings. The van der Waals surface area contributed by atoms with Crippen molar-refractivity contribution in [2.24, 2.45) is 0 Å². The van der Waals surface area contributed by atoms with E-state index >= 15 is 0 Å². The smallest absolute Gasteiger partial charge is 0.303 e. The van der Waals surface area contributed by atoms with Gasteiger partial charge in [-0.05, 0) is 12.1 Å². The highest BCUT2D eigenvalue weighted by Gasteiger charge is 2.41. The summed E-state index contributed by atoms with van der Waals surface area (Å²) in [4.78, 5) is 26.5. The average Bonchev–Trinajstić information content (AvgIpc) is 2.97. The van der Waals surface area contributed by atoms with Crippen LogP contribution in [0, 0.1) is 11.6 Å². The van der Waals surface area contributed by atoms with Crippen molar-refractivity contribution in [3.8, 4) is 0 Å². The number of esters is 2. The minimum absolute atomic E-state index is 0.143. The van der Waals surface area contributed by atoms with Crippen LogP contribution in [-0.4, -0.2) is 33.3 Å². The molecule has 0 radical (unpaired) electrons. The van der Waals surface area contributed by atoms with E-state index in [-0.39, 0.29) is 12.1 Å². The van der Waals surface area contributed by atoms with Crippen LogP contribution in [0.25, 0.3) is 0 Å². The van der Waals surface area contributed by atoms with Gasteiger partial charge in [0.05, 0.1) is 6.54 Å². The number of nitrogens with zero attached hydrogens (tertiary/aromatic N) is 3. The fourth-order valence-corrected chi connectivity index (χ4v) is 2.25. The Morgan fingerprint density at radius 2 is 2.00 bits per heavy atom. The van der Waals surface area contributed by atoms with Crippen LogP contribution in [0.1, 0.15) is 19.4 Å². The van der Waals surface area contributed by atoms with E-state index in [1.807, 2.05) is 0 Å². The largest absolute Gasteiger partial charge is 0.461 e. The Labute approximate surface area is 136 Å². The molecule has 0 bridgehead atoms. The Morgan fingerprint density at radius 3 is 2.54 bits per heavy atom. The van der Waals surface area contributed by atoms with Gasteiger partial charge in [0.25, 0.3) is 0 Å². The van der Waals surface area contributed by atoms with Crippen molar-refractivity contribution in [2.45, 2.75) is 26.0 Å². The second kappa shape index (κ2) is 7.16. The lowest BCUT2D eigenvalue weighted by Crippen LogP contribution is -2.42. The number of benzene rings is 1. The molecule has 0 aliphatic carbocycles. The van der Waals surface area contributed by atoms with Gasteiger partial charge in [-0.2, -0.15) is 5.10 Å². The molecular formula is C15H15F2N3O4. The first-order valence-corrected chi connectivity index (χ1v) is 6.93. The summed E-state index contributed by atoms with van der Waals surface area (Å²) in [5.41, 5.74) is -1.86. The Balaban J connectivity index is 2.53. The number of ether oxygens (including phenoxy) is 2. The fraction of sp³-hybridized carbons (Fsp3) is 0.333. The van der Waals surface area contributed by atoms with Gasteiger partial charge in [-0.3, -0.25) is 9.59 Å². The molecule has 0 saturated carbocycles. The summed E-state index contributed by atoms with van der Waals surface area (Å²) in [5.74, 6) is -3.11. The molecule has 1 unspecified atom stereocenters. The van der Waals surface area contributed by atoms with Gasteiger partial charge >= 0.3 is 11.9 Å². The van der Waals surface area contributed by atoms with E-state index in [1.165, 1.54) is 17.3 Å². The van der Waals surface area contributed by atoms with Crippen LogP contribution < -0.4 is 0 Å². The van der Waals surface area contributed by atoms with Gasteiger partial charge in [-0.1, -0.05) is 0 Å². The van der Waals surface area contributed by atoms with E-state index < -0.39 is 35.8 Å². The van der Waals surface area contributed by atoms with Crippen molar-refractivity contribution < 1.29 is 27.8 Å². The monoisotopic (exact) mass is 339 g/mol. The minimum Gasteiger partial charge on any atom is -0.461 e. The molecule has 0 aliphatic heterocycles. The zero-order valence-corrected chi connectivity index (χ0v) is 13.0. The van der Waals surface area contributed by atoms with E-state index in [1.54, 1.807) is 0 Å². The van der Waals surface area contributed by atoms with Gasteiger partial charge in [0.1, 0.15) is 30.9 Å². The van der Waals surface area contributed by atoms with Gasteiger partial charge in [-0.25, -0.2) is 18.4 Å². The van der Waals surface area contributed by atoms with E-state index in [4.69, 9.17) is 9.47 Å². The maximum atomic E-state index is 14.3. The quantitative estimate of drug-likeness (QED) is 0.743. The molecule has 7 nitrogen and oxygen atoms in total. The summed E-state index contributed by atoms with van der Waals surface area (Å²) in [6.07, 6.45) is 2.57. The molecule has 0 fully saturated rings. The number of rotatable bonds is 6. The lowest BCUT2D eigenvalue weighted by Gasteiger charge is -2.33. The van der Waals surface area contributed by atoms with Gasteiger partial charge in [0.2, 0.25) is 0 Å². The van der Waals surface area contributed by atoms with Crippen LogP contribution in [0.5, 0.6) is 0 Å². The normalized spacial score (nSPS) is 13.2. The van der Waals surface area contributed by atoms with E-state index in [0.717, 1.165) is 26.0 Å². The summed E-state index contributed by atoms with van der Waals surface area (Å²) in [6, 6.07) is 2.81. The zero-order valence-electron chi connectivity index (χ0n) is 13.0. The van der Waals surface area contributed by atoms with Gasteiger partial charge in [-0.15, -0.1) is 0 Å². The number of hydrogen-bond donors (Lipinski definition) is 0. The third-order valence-corrected chi connectivity index (χ3v) is 3.15. The van der Waals surface area contributed by atoms with Crippen LogP contribution in [0.15, 0.2) is 30.9 Å². The van der Waals surface area contributed by atoms with Gasteiger partial charge in [0, 0.05) is 25.5 Å². The number of carbonyl (C=O) groups is 2. The molecule has 2 aromatic rings. The number of carbonyl (C=O) groups excluding carboxylic acids is 2. The Morgan fingerprint density at radius 1 is 1.25 bits per heavy atom. The Bertz CT molecular complexity index is 736. The maximum Gasteiger partial charge on any atom is 0.303 e. The third-order valence-electron chi connectivity index (χ3n) is 3.15. The van der Waals surface area contributed by atoms with Crippen molar-refractivity contribution in [3.63, 3.8) is 0 Å². The first-order valence-electron chi connectivity index (χ1n) is 6.93. The molecule has 0 N–H and O–H groups in total. The standard InChI is InChI=1S/C15H15F2N3O4/c1-10(21)23-7-15(24-11(2)22,6-20-9-18-8-19-20)13-4-3-12(16)5-14(13)17/h3-5,8-9H,6-7H2,1-2H3. The van der Waals surface area contributed by atoms with Crippen LogP contribution in [0.3, 0.4) is 0 Å². The molecule has 0 saturated heterocycles. The van der Waals surface area contributed by atoms with Crippen molar-refractivity contribution in [1.29, 1.82) is 0 Å². The molecule has 24 heavy (non-hydrogen) atoms. The molecular weight excluding hydrogens is 324 g/mol. The maximum absolute atomic E-state index is 14.3. The predicted octanol–water partition coefficient (Wildman–Crippen LogP) is 1.58. The average molecular weight is 339 g/mol. The van der Waals surface area contributed by atoms with Crippen molar-refractivity contribution >= 4 is 11.9 Å². The Hall–Kier alpha value is -2.84. The fourth-order valence-electron chi connectivity index (χ4n) is 2.25. The first-order chi connectivity index (χ1) is 11.3. The lowest BCUT2D eigenvalue weighted by molar-refractivity contribution is -0.175. The van der Waals surface area contributed by atoms with E-state index in [0.29, 0.717) is 6.07 Å². The van der Waals surface area contributed by atoms with Crippen LogP contribution >= 0.6 is 0 Å². The topological polar surface area (TPSA) is 83.3 Å². The second-order valence-corrected chi connectivity index (χ2v) is 5.09. The highest BCUT2D eigenvalue weighted by Crippen LogP contribution is 2.31. The summed E-state index contributed by atoms with van der Waals surface area (Å²) < 4.78 is 39.1. The number of halogens is 2. The molecule has 1 aromatic heterocycles. The van der Waals surface area contributed by atoms with Crippen molar-refractivity contribution in [1.82, 2.24) is 14.8 Å². The Kier molecular flexibility index (Phi) is 5.22. The molecule has 9 heteroatoms. The number of hydrogen-bond acceptors (Lipinski definition) is 6. The number of aromatic nitrogens is 3. The van der Waals surface area contributed by atoms with Gasteiger partial charge < -0.3 is 9.47 Å². The molecule has 0 spiro atoms. The van der Waals surface area contributed by atoms with Crippen LogP contribution in [-0.2, 0) is 31.2 Å². The van der Waals surface area contributed by atoms with E-state index in [2.05, 4.69) is 10.1 Å². The molecule has 0 amide bonds. The summed E-state index contributed by atoms with van der Waals surface area (Å²) in [7, 11) is 0.